The Bertz CT molecular complexity index is 634. The number of rotatable bonds is 6. The summed E-state index contributed by atoms with van der Waals surface area (Å²) in [5.41, 5.74) is 0.483. The highest BCUT2D eigenvalue weighted by molar-refractivity contribution is 5.89. The Kier molecular flexibility index (Phi) is 10.9. The van der Waals surface area contributed by atoms with E-state index in [0.717, 1.165) is 32.7 Å². The van der Waals surface area contributed by atoms with Crippen molar-refractivity contribution in [1.29, 1.82) is 0 Å². The first kappa shape index (κ1) is 25.7. The topological polar surface area (TPSA) is 73.9 Å². The monoisotopic (exact) mass is 446 g/mol. The fourth-order valence-corrected chi connectivity index (χ4v) is 3.78. The summed E-state index contributed by atoms with van der Waals surface area (Å²) in [5.74, 6) is -0.203. The highest BCUT2D eigenvalue weighted by Crippen LogP contribution is 2.22. The van der Waals surface area contributed by atoms with Gasteiger partial charge in [0.25, 0.3) is 5.91 Å². The van der Waals surface area contributed by atoms with Crippen LogP contribution < -0.4 is 10.6 Å². The van der Waals surface area contributed by atoms with E-state index in [2.05, 4.69) is 27.7 Å². The van der Waals surface area contributed by atoms with Crippen LogP contribution in [-0.4, -0.2) is 80.1 Å². The van der Waals surface area contributed by atoms with Gasteiger partial charge in [0, 0.05) is 39.8 Å². The minimum Gasteiger partial charge on any atom is -0.368 e. The Morgan fingerprint density at radius 1 is 1.07 bits per heavy atom. The van der Waals surface area contributed by atoms with Crippen molar-refractivity contribution in [2.24, 2.45) is 0 Å². The lowest BCUT2D eigenvalue weighted by molar-refractivity contribution is -0.148. The fraction of sp³-hybridized carbons (Fsp3) is 0.600. The highest BCUT2D eigenvalue weighted by Gasteiger charge is 2.39. The van der Waals surface area contributed by atoms with Crippen molar-refractivity contribution in [2.45, 2.75) is 25.0 Å². The summed E-state index contributed by atoms with van der Waals surface area (Å²) in [6, 6.07) is 10.4. The highest BCUT2D eigenvalue weighted by atomic mass is 35.5. The van der Waals surface area contributed by atoms with E-state index in [9.17, 15) is 9.59 Å². The average Bonchev–Trinajstić information content (AvgIpc) is 2.73. The van der Waals surface area contributed by atoms with E-state index in [0.29, 0.717) is 25.9 Å². The number of piperazine rings is 1. The zero-order chi connectivity index (χ0) is 19.1. The molecule has 0 saturated carbocycles. The molecule has 0 atom stereocenters. The van der Waals surface area contributed by atoms with Crippen LogP contribution in [0.3, 0.4) is 0 Å². The molecule has 0 aromatic heterocycles. The van der Waals surface area contributed by atoms with Crippen LogP contribution in [0.1, 0.15) is 18.4 Å². The number of ether oxygens (including phenoxy) is 1. The van der Waals surface area contributed by atoms with Gasteiger partial charge in [-0.25, -0.2) is 0 Å². The van der Waals surface area contributed by atoms with Crippen molar-refractivity contribution in [2.75, 3.05) is 52.9 Å². The molecule has 2 aliphatic rings. The third kappa shape index (κ3) is 6.83. The van der Waals surface area contributed by atoms with Crippen molar-refractivity contribution in [3.05, 3.63) is 35.9 Å². The SMILES string of the molecule is COC1(C(=O)NCC(=O)N2CCN(Cc3ccccc3)CC2)CCNCC1.Cl.Cl. The minimum atomic E-state index is -0.806. The lowest BCUT2D eigenvalue weighted by atomic mass is 9.91. The van der Waals surface area contributed by atoms with Crippen LogP contribution in [0, 0.1) is 0 Å². The van der Waals surface area contributed by atoms with Crippen molar-refractivity contribution in [3.8, 4) is 0 Å². The number of hydrogen-bond acceptors (Lipinski definition) is 5. The second-order valence-electron chi connectivity index (χ2n) is 7.27. The Morgan fingerprint density at radius 2 is 1.69 bits per heavy atom. The van der Waals surface area contributed by atoms with E-state index in [-0.39, 0.29) is 43.2 Å². The van der Waals surface area contributed by atoms with E-state index in [1.54, 1.807) is 7.11 Å². The summed E-state index contributed by atoms with van der Waals surface area (Å²) in [6.07, 6.45) is 1.25. The molecule has 1 aromatic carbocycles. The van der Waals surface area contributed by atoms with Crippen LogP contribution in [0.4, 0.5) is 0 Å². The average molecular weight is 447 g/mol. The van der Waals surface area contributed by atoms with Gasteiger partial charge in [0.1, 0.15) is 5.60 Å². The molecule has 29 heavy (non-hydrogen) atoms. The van der Waals surface area contributed by atoms with Gasteiger partial charge in [0.05, 0.1) is 6.54 Å². The molecule has 7 nitrogen and oxygen atoms in total. The van der Waals surface area contributed by atoms with Crippen molar-refractivity contribution >= 4 is 36.6 Å². The fourth-order valence-electron chi connectivity index (χ4n) is 3.78. The number of nitrogens with one attached hydrogen (secondary N) is 2. The Balaban J connectivity index is 0.00000210. The number of hydrogen-bond donors (Lipinski definition) is 2. The Labute approximate surface area is 185 Å². The number of halogens is 2. The van der Waals surface area contributed by atoms with Gasteiger partial charge in [-0.15, -0.1) is 24.8 Å². The van der Waals surface area contributed by atoms with Crippen molar-refractivity contribution in [1.82, 2.24) is 20.4 Å². The summed E-state index contributed by atoms with van der Waals surface area (Å²) in [7, 11) is 1.57. The molecule has 0 spiro atoms. The third-order valence-corrected chi connectivity index (χ3v) is 5.59. The van der Waals surface area contributed by atoms with E-state index in [1.165, 1.54) is 5.56 Å². The predicted octanol–water partition coefficient (Wildman–Crippen LogP) is 1.06. The normalized spacial score (nSPS) is 18.9. The molecule has 0 unspecified atom stereocenters. The number of carbonyl (C=O) groups excluding carboxylic acids is 2. The quantitative estimate of drug-likeness (QED) is 0.683. The van der Waals surface area contributed by atoms with Gasteiger partial charge >= 0.3 is 0 Å². The van der Waals surface area contributed by atoms with Crippen molar-refractivity contribution < 1.29 is 14.3 Å². The van der Waals surface area contributed by atoms with Crippen LogP contribution in [0.5, 0.6) is 0 Å². The standard InChI is InChI=1S/C20H30N4O3.2ClH/c1-27-20(7-9-21-10-8-20)19(26)22-15-18(25)24-13-11-23(12-14-24)16-17-5-3-2-4-6-17;;/h2-6,21H,7-16H2,1H3,(H,22,26);2*1H. The van der Waals surface area contributed by atoms with Crippen LogP contribution in [0.25, 0.3) is 0 Å². The van der Waals surface area contributed by atoms with Crippen LogP contribution in [0.2, 0.25) is 0 Å². The molecule has 2 amide bonds. The van der Waals surface area contributed by atoms with E-state index in [4.69, 9.17) is 4.74 Å². The predicted molar refractivity (Wildman–Crippen MR) is 118 cm³/mol. The summed E-state index contributed by atoms with van der Waals surface area (Å²) in [6.45, 7) is 5.53. The second-order valence-corrected chi connectivity index (χ2v) is 7.27. The molecule has 164 valence electrons. The number of piperidine rings is 1. The largest absolute Gasteiger partial charge is 0.368 e. The maximum atomic E-state index is 12.6. The molecule has 1 aromatic rings. The number of amides is 2. The summed E-state index contributed by atoms with van der Waals surface area (Å²) in [5, 5.41) is 6.02. The molecule has 0 radical (unpaired) electrons. The molecule has 0 bridgehead atoms. The first-order valence-electron chi connectivity index (χ1n) is 9.71. The van der Waals surface area contributed by atoms with Gasteiger partial charge in [-0.1, -0.05) is 30.3 Å². The van der Waals surface area contributed by atoms with E-state index < -0.39 is 5.60 Å². The minimum absolute atomic E-state index is 0. The smallest absolute Gasteiger partial charge is 0.252 e. The van der Waals surface area contributed by atoms with Crippen LogP contribution in [0.15, 0.2) is 30.3 Å². The molecule has 9 heteroatoms. The van der Waals surface area contributed by atoms with Gasteiger partial charge in [0.15, 0.2) is 0 Å². The molecule has 2 N–H and O–H groups in total. The lowest BCUT2D eigenvalue weighted by Gasteiger charge is -2.36. The second kappa shape index (κ2) is 12.3. The molecular weight excluding hydrogens is 415 g/mol. The molecule has 3 rings (SSSR count). The molecule has 2 aliphatic heterocycles. The number of benzene rings is 1. The summed E-state index contributed by atoms with van der Waals surface area (Å²) in [4.78, 5) is 29.2. The van der Waals surface area contributed by atoms with Crippen molar-refractivity contribution in [3.63, 3.8) is 0 Å². The number of carbonyl (C=O) groups is 2. The van der Waals surface area contributed by atoms with Crippen LogP contribution >= 0.6 is 24.8 Å². The molecule has 0 aliphatic carbocycles. The van der Waals surface area contributed by atoms with E-state index >= 15 is 0 Å². The Morgan fingerprint density at radius 3 is 2.28 bits per heavy atom. The zero-order valence-corrected chi connectivity index (χ0v) is 18.5. The third-order valence-electron chi connectivity index (χ3n) is 5.59. The van der Waals surface area contributed by atoms with Gasteiger partial charge in [0.2, 0.25) is 5.91 Å². The first-order chi connectivity index (χ1) is 13.1. The summed E-state index contributed by atoms with van der Waals surface area (Å²) >= 11 is 0. The van der Waals surface area contributed by atoms with Crippen LogP contribution in [-0.2, 0) is 20.9 Å². The lowest BCUT2D eigenvalue weighted by Crippen LogP contribution is -2.56. The summed E-state index contributed by atoms with van der Waals surface area (Å²) < 4.78 is 5.51. The Hall–Kier alpha value is -1.38. The molecular formula is C20H32Cl2N4O3. The van der Waals surface area contributed by atoms with Gasteiger partial charge in [-0.05, 0) is 31.5 Å². The van der Waals surface area contributed by atoms with Gasteiger partial charge < -0.3 is 20.3 Å². The molecule has 2 heterocycles. The van der Waals surface area contributed by atoms with Gasteiger partial charge in [-0.3, -0.25) is 14.5 Å². The maximum Gasteiger partial charge on any atom is 0.252 e. The van der Waals surface area contributed by atoms with E-state index in [1.807, 2.05) is 23.1 Å². The number of methoxy groups -OCH3 is 1. The zero-order valence-electron chi connectivity index (χ0n) is 16.9. The molecule has 2 fully saturated rings. The van der Waals surface area contributed by atoms with Gasteiger partial charge in [-0.2, -0.15) is 0 Å². The number of nitrogens with zero attached hydrogens (tertiary/aromatic N) is 2. The maximum absolute atomic E-state index is 12.6. The first-order valence-corrected chi connectivity index (χ1v) is 9.71. The molecule has 2 saturated heterocycles.